The fourth-order valence-electron chi connectivity index (χ4n) is 3.36. The number of aromatic nitrogens is 1. The number of nitrogens with one attached hydrogen (secondary N) is 2. The zero-order chi connectivity index (χ0) is 31.9. The maximum Gasteiger partial charge on any atom is 0.490 e. The summed E-state index contributed by atoms with van der Waals surface area (Å²) in [5.41, 5.74) is 5.81. The molecule has 0 radical (unpaired) electrons. The smallest absolute Gasteiger partial charge is 0.487 e. The summed E-state index contributed by atoms with van der Waals surface area (Å²) in [6.07, 6.45) is -4.51. The number of carboxylic acid groups (broad SMARTS) is 1. The average Bonchev–Trinajstić information content (AvgIpc) is 2.87. The highest BCUT2D eigenvalue weighted by atomic mass is 35.5. The van der Waals surface area contributed by atoms with Crippen molar-refractivity contribution in [3.63, 3.8) is 0 Å². The third kappa shape index (κ3) is 9.42. The Balaban J connectivity index is 0.000000782. The van der Waals surface area contributed by atoms with Gasteiger partial charge in [-0.15, -0.1) is 0 Å². The van der Waals surface area contributed by atoms with Gasteiger partial charge in [0.15, 0.2) is 0 Å². The standard InChI is InChI=1S/C24H28Cl2N4O4S.C2HF3O2/c1-15-8-9-16-6-4-7-19(22(16)29-15)34-14-17-18(25)10-11-20(21(17)26)35(32,33)30-24(2,3)23(31)28-13-5-12-27;3-2(4,5)1(6)7/h4,6-11,30H,5,12-14,27H2,1-3H3,(H,28,31);(H,6,7). The van der Waals surface area contributed by atoms with Crippen molar-refractivity contribution < 1.29 is 41.0 Å². The van der Waals surface area contributed by atoms with Crippen LogP contribution in [-0.2, 0) is 26.2 Å². The van der Waals surface area contributed by atoms with Crippen LogP contribution in [0.4, 0.5) is 13.2 Å². The van der Waals surface area contributed by atoms with E-state index in [1.165, 1.54) is 26.0 Å². The minimum absolute atomic E-state index is 0.0846. The molecule has 0 aliphatic heterocycles. The molecule has 3 aromatic rings. The number of alkyl halides is 3. The molecule has 42 heavy (non-hydrogen) atoms. The van der Waals surface area contributed by atoms with Crippen LogP contribution in [0.2, 0.25) is 10.0 Å². The Morgan fingerprint density at radius 3 is 2.33 bits per heavy atom. The lowest BCUT2D eigenvalue weighted by Crippen LogP contribution is -2.54. The summed E-state index contributed by atoms with van der Waals surface area (Å²) in [5.74, 6) is -2.73. The first-order chi connectivity index (χ1) is 19.4. The number of nitrogens with two attached hydrogens (primary N) is 1. The first-order valence-electron chi connectivity index (χ1n) is 12.2. The van der Waals surface area contributed by atoms with Crippen molar-refractivity contribution in [3.8, 4) is 5.75 Å². The summed E-state index contributed by atoms with van der Waals surface area (Å²) in [6, 6.07) is 12.1. The molecule has 2 aromatic carbocycles. The highest BCUT2D eigenvalue weighted by molar-refractivity contribution is 7.89. The second-order valence-electron chi connectivity index (χ2n) is 9.34. The molecule has 0 fully saturated rings. The number of halogens is 5. The number of carboxylic acids is 1. The molecule has 0 unspecified atom stereocenters. The number of carbonyl (C=O) groups is 2. The van der Waals surface area contributed by atoms with Gasteiger partial charge < -0.3 is 20.9 Å². The minimum Gasteiger partial charge on any atom is -0.487 e. The van der Waals surface area contributed by atoms with E-state index in [0.29, 0.717) is 36.3 Å². The van der Waals surface area contributed by atoms with E-state index < -0.39 is 33.6 Å². The second-order valence-corrected chi connectivity index (χ2v) is 11.8. The Bertz CT molecular complexity index is 1550. The SMILES string of the molecule is Cc1ccc2cccc(OCc3c(Cl)ccc(S(=O)(=O)NC(C)(C)C(=O)NCCCN)c3Cl)c2n1.O=C(O)C(F)(F)F. The molecule has 0 aliphatic rings. The maximum absolute atomic E-state index is 13.2. The van der Waals surface area contributed by atoms with Gasteiger partial charge in [-0.05, 0) is 58.0 Å². The molecule has 16 heteroatoms. The number of nitrogens with zero attached hydrogens (tertiary/aromatic N) is 1. The Hall–Kier alpha value is -3.17. The number of pyridine rings is 1. The van der Waals surface area contributed by atoms with Crippen LogP contribution >= 0.6 is 23.2 Å². The van der Waals surface area contributed by atoms with E-state index in [1.54, 1.807) is 6.07 Å². The molecule has 3 rings (SSSR count). The van der Waals surface area contributed by atoms with Crippen LogP contribution in [0.1, 0.15) is 31.5 Å². The van der Waals surface area contributed by atoms with Crippen molar-refractivity contribution in [3.05, 3.63) is 63.8 Å². The summed E-state index contributed by atoms with van der Waals surface area (Å²) in [5, 5.41) is 10.8. The number of para-hydroxylation sites is 1. The van der Waals surface area contributed by atoms with Gasteiger partial charge in [0.05, 0.1) is 5.02 Å². The lowest BCUT2D eigenvalue weighted by molar-refractivity contribution is -0.192. The Morgan fingerprint density at radius 2 is 1.74 bits per heavy atom. The summed E-state index contributed by atoms with van der Waals surface area (Å²) >= 11 is 12.9. The first kappa shape index (κ1) is 35.0. The predicted molar refractivity (Wildman–Crippen MR) is 152 cm³/mol. The highest BCUT2D eigenvalue weighted by Gasteiger charge is 2.38. The lowest BCUT2D eigenvalue weighted by Gasteiger charge is -2.25. The van der Waals surface area contributed by atoms with Crippen molar-refractivity contribution in [2.75, 3.05) is 13.1 Å². The zero-order valence-corrected chi connectivity index (χ0v) is 25.0. The van der Waals surface area contributed by atoms with Crippen LogP contribution in [0.25, 0.3) is 10.9 Å². The number of sulfonamides is 1. The van der Waals surface area contributed by atoms with E-state index in [-0.39, 0.29) is 21.5 Å². The molecule has 0 atom stereocenters. The highest BCUT2D eigenvalue weighted by Crippen LogP contribution is 2.33. The topological polar surface area (TPSA) is 161 Å². The molecule has 0 saturated heterocycles. The van der Waals surface area contributed by atoms with Gasteiger partial charge in [0, 0.05) is 28.2 Å². The summed E-state index contributed by atoms with van der Waals surface area (Å²) in [4.78, 5) is 25.7. The number of aryl methyl sites for hydroxylation is 1. The molecule has 0 bridgehead atoms. The third-order valence-corrected chi connectivity index (χ3v) is 8.10. The van der Waals surface area contributed by atoms with Crippen LogP contribution < -0.4 is 20.5 Å². The molecule has 0 spiro atoms. The molecule has 1 heterocycles. The molecule has 1 aromatic heterocycles. The van der Waals surface area contributed by atoms with Crippen LogP contribution in [-0.4, -0.2) is 55.2 Å². The molecule has 0 aliphatic carbocycles. The van der Waals surface area contributed by atoms with Crippen LogP contribution in [0.5, 0.6) is 5.75 Å². The van der Waals surface area contributed by atoms with E-state index in [9.17, 15) is 26.4 Å². The van der Waals surface area contributed by atoms with Gasteiger partial charge in [-0.25, -0.2) is 18.2 Å². The summed E-state index contributed by atoms with van der Waals surface area (Å²) in [6.45, 7) is 5.47. The number of hydrogen-bond donors (Lipinski definition) is 4. The van der Waals surface area contributed by atoms with Crippen molar-refractivity contribution in [1.82, 2.24) is 15.0 Å². The minimum atomic E-state index is -5.08. The normalized spacial score (nSPS) is 11.9. The molecule has 1 amide bonds. The van der Waals surface area contributed by atoms with Crippen LogP contribution in [0.3, 0.4) is 0 Å². The summed E-state index contributed by atoms with van der Waals surface area (Å²) in [7, 11) is -4.18. The van der Waals surface area contributed by atoms with Crippen molar-refractivity contribution >= 4 is 56.0 Å². The third-order valence-electron chi connectivity index (χ3n) is 5.50. The lowest BCUT2D eigenvalue weighted by atomic mass is 10.1. The van der Waals surface area contributed by atoms with Crippen LogP contribution in [0, 0.1) is 6.92 Å². The molecular weight excluding hydrogens is 624 g/mol. The largest absolute Gasteiger partial charge is 0.490 e. The number of amides is 1. The number of fused-ring (bicyclic) bond motifs is 1. The van der Waals surface area contributed by atoms with E-state index in [2.05, 4.69) is 15.0 Å². The van der Waals surface area contributed by atoms with Gasteiger partial charge in [-0.3, -0.25) is 4.79 Å². The number of carbonyl (C=O) groups excluding carboxylic acids is 1. The Labute approximate surface area is 250 Å². The quantitative estimate of drug-likeness (QED) is 0.231. The first-order valence-corrected chi connectivity index (χ1v) is 14.4. The molecule has 230 valence electrons. The van der Waals surface area contributed by atoms with Gasteiger partial charge in [-0.1, -0.05) is 41.4 Å². The zero-order valence-electron chi connectivity index (χ0n) is 22.7. The number of hydrogen-bond acceptors (Lipinski definition) is 7. The van der Waals surface area contributed by atoms with E-state index in [4.69, 9.17) is 43.6 Å². The van der Waals surface area contributed by atoms with Gasteiger partial charge in [-0.2, -0.15) is 17.9 Å². The molecule has 0 saturated carbocycles. The van der Waals surface area contributed by atoms with Gasteiger partial charge >= 0.3 is 12.1 Å². The number of benzene rings is 2. The molecular formula is C26H29Cl2F3N4O6S. The Kier molecular flexibility index (Phi) is 12.0. The summed E-state index contributed by atoms with van der Waals surface area (Å²) < 4.78 is 66.4. The molecule has 10 nitrogen and oxygen atoms in total. The fraction of sp³-hybridized carbons (Fsp3) is 0.346. The average molecular weight is 654 g/mol. The fourth-order valence-corrected chi connectivity index (χ4v) is 5.63. The predicted octanol–water partition coefficient (Wildman–Crippen LogP) is 4.58. The van der Waals surface area contributed by atoms with Gasteiger partial charge in [0.2, 0.25) is 15.9 Å². The van der Waals surface area contributed by atoms with Crippen molar-refractivity contribution in [1.29, 1.82) is 0 Å². The monoisotopic (exact) mass is 652 g/mol. The number of aliphatic carboxylic acids is 1. The van der Waals surface area contributed by atoms with Gasteiger partial charge in [0.25, 0.3) is 0 Å². The van der Waals surface area contributed by atoms with E-state index in [0.717, 1.165) is 11.1 Å². The van der Waals surface area contributed by atoms with Gasteiger partial charge in [0.1, 0.15) is 28.3 Å². The number of rotatable bonds is 10. The van der Waals surface area contributed by atoms with E-state index in [1.807, 2.05) is 31.2 Å². The molecule has 5 N–H and O–H groups in total. The van der Waals surface area contributed by atoms with Crippen molar-refractivity contribution in [2.24, 2.45) is 5.73 Å². The number of ether oxygens (including phenoxy) is 1. The van der Waals surface area contributed by atoms with Crippen molar-refractivity contribution in [2.45, 2.75) is 50.4 Å². The maximum atomic E-state index is 13.2. The Morgan fingerprint density at radius 1 is 1.10 bits per heavy atom. The van der Waals surface area contributed by atoms with E-state index >= 15 is 0 Å². The van der Waals surface area contributed by atoms with Crippen LogP contribution in [0.15, 0.2) is 47.4 Å². The second kappa shape index (κ2) is 14.3.